The lowest BCUT2D eigenvalue weighted by Crippen LogP contribution is -2.28. The molecule has 148 valence electrons. The average Bonchev–Trinajstić information content (AvgIpc) is 3.30. The van der Waals surface area contributed by atoms with Crippen LogP contribution in [0, 0.1) is 6.92 Å². The van der Waals surface area contributed by atoms with Gasteiger partial charge in [-0.05, 0) is 19.8 Å². The SMILES string of the molecule is CCCCn1cc(CNC(=O)c2nn(C)cc2CN2CCC(N)C2)c(C)n1. The lowest BCUT2D eigenvalue weighted by molar-refractivity contribution is 0.0943. The zero-order chi connectivity index (χ0) is 19.4. The molecule has 8 heteroatoms. The fraction of sp³-hybridized carbons (Fsp3) is 0.632. The lowest BCUT2D eigenvalue weighted by Gasteiger charge is -2.14. The molecule has 1 aliphatic rings. The van der Waals surface area contributed by atoms with Gasteiger partial charge in [-0.15, -0.1) is 0 Å². The van der Waals surface area contributed by atoms with Crippen molar-refractivity contribution < 1.29 is 4.79 Å². The lowest BCUT2D eigenvalue weighted by atomic mass is 10.2. The van der Waals surface area contributed by atoms with E-state index >= 15 is 0 Å². The van der Waals surface area contributed by atoms with Crippen LogP contribution in [-0.2, 0) is 26.7 Å². The first kappa shape index (κ1) is 19.6. The molecule has 1 aliphatic heterocycles. The molecule has 0 saturated carbocycles. The number of aryl methyl sites for hydroxylation is 3. The maximum Gasteiger partial charge on any atom is 0.272 e. The van der Waals surface area contributed by atoms with Gasteiger partial charge < -0.3 is 11.1 Å². The summed E-state index contributed by atoms with van der Waals surface area (Å²) in [5.41, 5.74) is 9.43. The van der Waals surface area contributed by atoms with Gasteiger partial charge in [0.2, 0.25) is 0 Å². The molecule has 0 spiro atoms. The molecule has 2 aromatic heterocycles. The Morgan fingerprint density at radius 1 is 1.33 bits per heavy atom. The van der Waals surface area contributed by atoms with Crippen molar-refractivity contribution in [3.63, 3.8) is 0 Å². The molecule has 0 aromatic carbocycles. The van der Waals surface area contributed by atoms with E-state index in [9.17, 15) is 4.79 Å². The summed E-state index contributed by atoms with van der Waals surface area (Å²) in [6, 6.07) is 0.228. The molecule has 0 bridgehead atoms. The van der Waals surface area contributed by atoms with Crippen LogP contribution in [0.5, 0.6) is 0 Å². The van der Waals surface area contributed by atoms with Crippen LogP contribution in [0.1, 0.15) is 53.5 Å². The molecule has 1 atom stereocenters. The van der Waals surface area contributed by atoms with Gasteiger partial charge in [-0.2, -0.15) is 10.2 Å². The van der Waals surface area contributed by atoms with Gasteiger partial charge in [0.1, 0.15) is 0 Å². The summed E-state index contributed by atoms with van der Waals surface area (Å²) in [7, 11) is 1.85. The van der Waals surface area contributed by atoms with Crippen molar-refractivity contribution in [2.45, 2.75) is 58.8 Å². The fourth-order valence-electron chi connectivity index (χ4n) is 3.52. The van der Waals surface area contributed by atoms with Crippen LogP contribution in [0.15, 0.2) is 12.4 Å². The van der Waals surface area contributed by atoms with Crippen LogP contribution in [-0.4, -0.2) is 49.5 Å². The number of hydrogen-bond donors (Lipinski definition) is 2. The monoisotopic (exact) mass is 373 g/mol. The molecule has 1 fully saturated rings. The van der Waals surface area contributed by atoms with Crippen molar-refractivity contribution in [3.8, 4) is 0 Å². The molecule has 0 radical (unpaired) electrons. The van der Waals surface area contributed by atoms with E-state index in [1.807, 2.05) is 31.0 Å². The molecular formula is C19H31N7O. The first-order chi connectivity index (χ1) is 13.0. The number of nitrogens with two attached hydrogens (primary N) is 1. The Kier molecular flexibility index (Phi) is 6.28. The highest BCUT2D eigenvalue weighted by Crippen LogP contribution is 2.15. The Morgan fingerprint density at radius 3 is 2.85 bits per heavy atom. The second kappa shape index (κ2) is 8.67. The normalized spacial score (nSPS) is 17.6. The summed E-state index contributed by atoms with van der Waals surface area (Å²) in [6.45, 7) is 8.05. The largest absolute Gasteiger partial charge is 0.346 e. The first-order valence-corrected chi connectivity index (χ1v) is 9.77. The van der Waals surface area contributed by atoms with Crippen LogP contribution >= 0.6 is 0 Å². The number of carbonyl (C=O) groups is 1. The molecule has 2 aromatic rings. The minimum absolute atomic E-state index is 0.144. The molecule has 3 rings (SSSR count). The number of nitrogens with zero attached hydrogens (tertiary/aromatic N) is 5. The highest BCUT2D eigenvalue weighted by atomic mass is 16.1. The summed E-state index contributed by atoms with van der Waals surface area (Å²) in [6.07, 6.45) is 7.19. The van der Waals surface area contributed by atoms with Crippen LogP contribution in [0.2, 0.25) is 0 Å². The Hall–Kier alpha value is -2.19. The van der Waals surface area contributed by atoms with E-state index in [2.05, 4.69) is 27.3 Å². The van der Waals surface area contributed by atoms with Gasteiger partial charge in [0.25, 0.3) is 5.91 Å². The molecule has 1 unspecified atom stereocenters. The third kappa shape index (κ3) is 4.95. The smallest absolute Gasteiger partial charge is 0.272 e. The minimum atomic E-state index is -0.144. The summed E-state index contributed by atoms with van der Waals surface area (Å²) in [5, 5.41) is 11.9. The van der Waals surface area contributed by atoms with E-state index in [0.29, 0.717) is 18.8 Å². The summed E-state index contributed by atoms with van der Waals surface area (Å²) < 4.78 is 3.66. The Labute approximate surface area is 160 Å². The van der Waals surface area contributed by atoms with Gasteiger partial charge >= 0.3 is 0 Å². The molecule has 27 heavy (non-hydrogen) atoms. The highest BCUT2D eigenvalue weighted by molar-refractivity contribution is 5.93. The quantitative estimate of drug-likeness (QED) is 0.725. The Balaban J connectivity index is 1.62. The van der Waals surface area contributed by atoms with Crippen molar-refractivity contribution in [3.05, 3.63) is 34.9 Å². The van der Waals surface area contributed by atoms with E-state index in [1.165, 1.54) is 0 Å². The molecule has 8 nitrogen and oxygen atoms in total. The number of likely N-dealkylation sites (tertiary alicyclic amines) is 1. The van der Waals surface area contributed by atoms with Gasteiger partial charge in [0, 0.05) is 69.3 Å². The predicted molar refractivity (Wildman–Crippen MR) is 104 cm³/mol. The summed E-state index contributed by atoms with van der Waals surface area (Å²) in [4.78, 5) is 15.0. The van der Waals surface area contributed by atoms with Crippen molar-refractivity contribution in [1.82, 2.24) is 29.8 Å². The molecule has 0 aliphatic carbocycles. The topological polar surface area (TPSA) is 94.0 Å². The molecule has 1 amide bonds. The average molecular weight is 374 g/mol. The van der Waals surface area contributed by atoms with Crippen LogP contribution in [0.3, 0.4) is 0 Å². The number of amides is 1. The van der Waals surface area contributed by atoms with Crippen molar-refractivity contribution in [2.24, 2.45) is 12.8 Å². The fourth-order valence-corrected chi connectivity index (χ4v) is 3.52. The van der Waals surface area contributed by atoms with E-state index in [1.54, 1.807) is 4.68 Å². The third-order valence-corrected chi connectivity index (χ3v) is 5.05. The van der Waals surface area contributed by atoms with E-state index in [4.69, 9.17) is 5.73 Å². The van der Waals surface area contributed by atoms with Crippen LogP contribution in [0.25, 0.3) is 0 Å². The van der Waals surface area contributed by atoms with E-state index in [-0.39, 0.29) is 11.9 Å². The number of unbranched alkanes of at least 4 members (excludes halogenated alkanes) is 1. The highest BCUT2D eigenvalue weighted by Gasteiger charge is 2.23. The van der Waals surface area contributed by atoms with E-state index < -0.39 is 0 Å². The van der Waals surface area contributed by atoms with Crippen molar-refractivity contribution >= 4 is 5.91 Å². The molecule has 1 saturated heterocycles. The number of nitrogens with one attached hydrogen (secondary N) is 1. The van der Waals surface area contributed by atoms with Crippen molar-refractivity contribution in [1.29, 1.82) is 0 Å². The predicted octanol–water partition coefficient (Wildman–Crippen LogP) is 1.19. The van der Waals surface area contributed by atoms with Gasteiger partial charge in [-0.1, -0.05) is 13.3 Å². The Morgan fingerprint density at radius 2 is 2.15 bits per heavy atom. The summed E-state index contributed by atoms with van der Waals surface area (Å²) >= 11 is 0. The summed E-state index contributed by atoms with van der Waals surface area (Å²) in [5.74, 6) is -0.144. The van der Waals surface area contributed by atoms with Crippen molar-refractivity contribution in [2.75, 3.05) is 13.1 Å². The molecule has 3 heterocycles. The minimum Gasteiger partial charge on any atom is -0.346 e. The number of rotatable bonds is 8. The number of carbonyl (C=O) groups excluding carboxylic acids is 1. The molecule has 3 N–H and O–H groups in total. The second-order valence-corrected chi connectivity index (χ2v) is 7.50. The van der Waals surface area contributed by atoms with Gasteiger partial charge in [0.05, 0.1) is 5.69 Å². The van der Waals surface area contributed by atoms with Gasteiger partial charge in [-0.25, -0.2) is 0 Å². The second-order valence-electron chi connectivity index (χ2n) is 7.50. The van der Waals surface area contributed by atoms with Crippen LogP contribution < -0.4 is 11.1 Å². The first-order valence-electron chi connectivity index (χ1n) is 9.77. The molecular weight excluding hydrogens is 342 g/mol. The Bertz CT molecular complexity index is 779. The van der Waals surface area contributed by atoms with Gasteiger partial charge in [0.15, 0.2) is 5.69 Å². The van der Waals surface area contributed by atoms with E-state index in [0.717, 1.165) is 55.7 Å². The van der Waals surface area contributed by atoms with Crippen LogP contribution in [0.4, 0.5) is 0 Å². The number of hydrogen-bond acceptors (Lipinski definition) is 5. The zero-order valence-corrected chi connectivity index (χ0v) is 16.6. The third-order valence-electron chi connectivity index (χ3n) is 5.05. The number of aromatic nitrogens is 4. The van der Waals surface area contributed by atoms with Gasteiger partial charge in [-0.3, -0.25) is 19.1 Å². The standard InChI is InChI=1S/C19H31N7O/c1-4-5-7-26-12-15(14(2)22-26)9-21-19(27)18-16(10-24(3)23-18)11-25-8-6-17(20)13-25/h10,12,17H,4-9,11,13,20H2,1-3H3,(H,21,27). The maximum atomic E-state index is 12.7. The zero-order valence-electron chi connectivity index (χ0n) is 16.6. The maximum absolute atomic E-state index is 12.7.